The molecule has 2 aromatic carbocycles. The summed E-state index contributed by atoms with van der Waals surface area (Å²) in [6.45, 7) is 6.12. The van der Waals surface area contributed by atoms with Crippen LogP contribution in [0.3, 0.4) is 0 Å². The van der Waals surface area contributed by atoms with Crippen molar-refractivity contribution in [3.8, 4) is 5.75 Å². The zero-order valence-corrected chi connectivity index (χ0v) is 18.7. The van der Waals surface area contributed by atoms with Crippen molar-refractivity contribution in [2.75, 3.05) is 17.6 Å². The van der Waals surface area contributed by atoms with E-state index in [9.17, 15) is 26.4 Å². The molecule has 0 spiro atoms. The topological polar surface area (TPSA) is 84.5 Å². The second kappa shape index (κ2) is 9.17. The second-order valence-corrected chi connectivity index (χ2v) is 9.95. The molecule has 2 aromatic rings. The van der Waals surface area contributed by atoms with E-state index < -0.39 is 51.4 Å². The average molecular weight is 459 g/mol. The number of carbonyl (C=O) groups excluding carboxylic acids is 1. The van der Waals surface area contributed by atoms with Crippen molar-refractivity contribution in [1.29, 1.82) is 0 Å². The summed E-state index contributed by atoms with van der Waals surface area (Å²) in [5.74, 6) is -3.06. The van der Waals surface area contributed by atoms with Crippen LogP contribution in [0.1, 0.15) is 44.9 Å². The molecule has 0 saturated carbocycles. The molecule has 0 fully saturated rings. The van der Waals surface area contributed by atoms with Gasteiger partial charge >= 0.3 is 0 Å². The van der Waals surface area contributed by atoms with Crippen LogP contribution in [0.15, 0.2) is 30.3 Å². The summed E-state index contributed by atoms with van der Waals surface area (Å²) in [6.07, 6.45) is 0.900. The molecule has 2 rings (SSSR count). The smallest absolute Gasteiger partial charge is 0.258 e. The summed E-state index contributed by atoms with van der Waals surface area (Å²) in [5.41, 5.74) is -0.637. The van der Waals surface area contributed by atoms with E-state index in [2.05, 4.69) is 5.32 Å². The molecule has 2 N–H and O–H groups in total. The third kappa shape index (κ3) is 6.88. The summed E-state index contributed by atoms with van der Waals surface area (Å²) in [7, 11) is -3.63. The van der Waals surface area contributed by atoms with Crippen LogP contribution in [0.5, 0.6) is 5.75 Å². The molecule has 0 radical (unpaired) electrons. The lowest BCUT2D eigenvalue weighted by atomic mass is 9.86. The molecule has 0 aliphatic carbocycles. The molecule has 1 amide bonds. The number of hydrogen-bond donors (Lipinski definition) is 2. The molecule has 0 unspecified atom stereocenters. The lowest BCUT2D eigenvalue weighted by Crippen LogP contribution is -2.31. The zero-order chi connectivity index (χ0) is 23.6. The Balaban J connectivity index is 2.01. The zero-order valence-electron chi connectivity index (χ0n) is 17.8. The van der Waals surface area contributed by atoms with Gasteiger partial charge in [0.2, 0.25) is 10.0 Å². The third-order valence-corrected chi connectivity index (χ3v) is 4.89. The standard InChI is InChI=1S/C21H25F3N2O4S/c1-12(13-6-7-18(15(22)8-13)26-31(5,28)29)25-19(27)11-30-14-9-16(23)20(17(24)10-14)21(2,3)4/h6-10,12,26H,11H2,1-5H3,(H,25,27)/t12-/m1/s1. The Morgan fingerprint density at radius 2 is 1.65 bits per heavy atom. The lowest BCUT2D eigenvalue weighted by Gasteiger charge is -2.21. The van der Waals surface area contributed by atoms with Crippen LogP contribution in [0.4, 0.5) is 18.9 Å². The van der Waals surface area contributed by atoms with E-state index in [0.717, 1.165) is 24.5 Å². The molecule has 6 nitrogen and oxygen atoms in total. The first-order valence-electron chi connectivity index (χ1n) is 9.36. The Kier molecular flexibility index (Phi) is 7.25. The maximum absolute atomic E-state index is 14.2. The first-order chi connectivity index (χ1) is 14.2. The monoisotopic (exact) mass is 458 g/mol. The van der Waals surface area contributed by atoms with Crippen molar-refractivity contribution in [3.05, 3.63) is 58.9 Å². The van der Waals surface area contributed by atoms with E-state index in [4.69, 9.17) is 4.74 Å². The molecule has 0 saturated heterocycles. The molecule has 170 valence electrons. The minimum absolute atomic E-state index is 0.0752. The maximum atomic E-state index is 14.2. The third-order valence-electron chi connectivity index (χ3n) is 4.30. The molecule has 10 heteroatoms. The van der Waals surface area contributed by atoms with E-state index in [1.54, 1.807) is 27.7 Å². The van der Waals surface area contributed by atoms with Gasteiger partial charge in [-0.2, -0.15) is 0 Å². The van der Waals surface area contributed by atoms with Crippen molar-refractivity contribution in [2.45, 2.75) is 39.2 Å². The number of ether oxygens (including phenoxy) is 1. The van der Waals surface area contributed by atoms with Crippen molar-refractivity contribution in [3.63, 3.8) is 0 Å². The van der Waals surface area contributed by atoms with Crippen molar-refractivity contribution in [2.24, 2.45) is 0 Å². The first kappa shape index (κ1) is 24.5. The highest BCUT2D eigenvalue weighted by Gasteiger charge is 2.24. The van der Waals surface area contributed by atoms with Gasteiger partial charge < -0.3 is 10.1 Å². The molecule has 0 aliphatic heterocycles. The Bertz CT molecular complexity index is 1060. The molecular weight excluding hydrogens is 433 g/mol. The highest BCUT2D eigenvalue weighted by atomic mass is 32.2. The number of sulfonamides is 1. The number of nitrogens with one attached hydrogen (secondary N) is 2. The van der Waals surface area contributed by atoms with E-state index in [-0.39, 0.29) is 17.0 Å². The van der Waals surface area contributed by atoms with Crippen LogP contribution in [-0.4, -0.2) is 27.2 Å². The van der Waals surface area contributed by atoms with Crippen LogP contribution < -0.4 is 14.8 Å². The van der Waals surface area contributed by atoms with Gasteiger partial charge in [-0.1, -0.05) is 26.8 Å². The molecule has 0 aliphatic rings. The Labute approximate surface area is 179 Å². The number of halogens is 3. The molecule has 0 heterocycles. The number of anilines is 1. The van der Waals surface area contributed by atoms with Crippen molar-refractivity contribution < 1.29 is 31.1 Å². The fourth-order valence-electron chi connectivity index (χ4n) is 2.95. The van der Waals surface area contributed by atoms with Gasteiger partial charge in [-0.25, -0.2) is 21.6 Å². The van der Waals surface area contributed by atoms with Gasteiger partial charge in [0.1, 0.15) is 23.2 Å². The normalized spacial score (nSPS) is 12.9. The van der Waals surface area contributed by atoms with Crippen molar-refractivity contribution in [1.82, 2.24) is 5.32 Å². The summed E-state index contributed by atoms with van der Waals surface area (Å²) < 4.78 is 72.3. The van der Waals surface area contributed by atoms with E-state index in [0.29, 0.717) is 5.56 Å². The lowest BCUT2D eigenvalue weighted by molar-refractivity contribution is -0.123. The highest BCUT2D eigenvalue weighted by Crippen LogP contribution is 2.30. The maximum Gasteiger partial charge on any atom is 0.258 e. The van der Waals surface area contributed by atoms with Crippen molar-refractivity contribution >= 4 is 21.6 Å². The number of benzene rings is 2. The fraction of sp³-hybridized carbons (Fsp3) is 0.381. The number of amides is 1. The van der Waals surface area contributed by atoms with E-state index in [1.165, 1.54) is 12.1 Å². The number of carbonyl (C=O) groups is 1. The van der Waals surface area contributed by atoms with Gasteiger partial charge in [0.15, 0.2) is 6.61 Å². The van der Waals surface area contributed by atoms with E-state index in [1.807, 2.05) is 4.72 Å². The predicted octanol–water partition coefficient (Wildman–Crippen LogP) is 4.03. The minimum Gasteiger partial charge on any atom is -0.484 e. The molecule has 1 atom stereocenters. The summed E-state index contributed by atoms with van der Waals surface area (Å²) >= 11 is 0. The first-order valence-corrected chi connectivity index (χ1v) is 11.3. The van der Waals surface area contributed by atoms with Gasteiger partial charge in [0.05, 0.1) is 18.0 Å². The Hall–Kier alpha value is -2.75. The summed E-state index contributed by atoms with van der Waals surface area (Å²) in [5, 5.41) is 2.57. The van der Waals surface area contributed by atoms with Crippen LogP contribution in [0.25, 0.3) is 0 Å². The van der Waals surface area contributed by atoms with Gasteiger partial charge in [-0.15, -0.1) is 0 Å². The Morgan fingerprint density at radius 3 is 2.13 bits per heavy atom. The highest BCUT2D eigenvalue weighted by molar-refractivity contribution is 7.92. The van der Waals surface area contributed by atoms with Crippen LogP contribution in [-0.2, 0) is 20.2 Å². The number of rotatable bonds is 7. The minimum atomic E-state index is -3.63. The largest absolute Gasteiger partial charge is 0.484 e. The predicted molar refractivity (Wildman–Crippen MR) is 112 cm³/mol. The van der Waals surface area contributed by atoms with Gasteiger partial charge in [-0.3, -0.25) is 9.52 Å². The fourth-order valence-corrected chi connectivity index (χ4v) is 3.51. The molecular formula is C21H25F3N2O4S. The van der Waals surface area contributed by atoms with Gasteiger partial charge in [0, 0.05) is 17.7 Å². The second-order valence-electron chi connectivity index (χ2n) is 8.20. The van der Waals surface area contributed by atoms with E-state index >= 15 is 0 Å². The summed E-state index contributed by atoms with van der Waals surface area (Å²) in [6, 6.07) is 5.20. The Morgan fingerprint density at radius 1 is 1.06 bits per heavy atom. The quantitative estimate of drug-likeness (QED) is 0.656. The molecule has 0 bridgehead atoms. The van der Waals surface area contributed by atoms with Gasteiger partial charge in [0.25, 0.3) is 5.91 Å². The number of hydrogen-bond acceptors (Lipinski definition) is 4. The summed E-state index contributed by atoms with van der Waals surface area (Å²) in [4.78, 5) is 12.1. The van der Waals surface area contributed by atoms with Gasteiger partial charge in [-0.05, 0) is 30.0 Å². The average Bonchev–Trinajstić information content (AvgIpc) is 2.58. The van der Waals surface area contributed by atoms with Crippen LogP contribution in [0, 0.1) is 17.5 Å². The molecule has 0 aromatic heterocycles. The van der Waals surface area contributed by atoms with Crippen LogP contribution >= 0.6 is 0 Å². The SMILES string of the molecule is C[C@@H](NC(=O)COc1cc(F)c(C(C)(C)C)c(F)c1)c1ccc(NS(C)(=O)=O)c(F)c1. The molecule has 31 heavy (non-hydrogen) atoms. The van der Waals surface area contributed by atoms with Crippen LogP contribution in [0.2, 0.25) is 0 Å².